The van der Waals surface area contributed by atoms with Gasteiger partial charge in [-0.05, 0) is 17.7 Å². The molecule has 0 saturated carbocycles. The smallest absolute Gasteiger partial charge is 0.358 e. The zero-order valence-corrected chi connectivity index (χ0v) is 14.2. The molecule has 1 N–H and O–H groups in total. The van der Waals surface area contributed by atoms with Gasteiger partial charge in [0.25, 0.3) is 0 Å². The van der Waals surface area contributed by atoms with Crippen LogP contribution in [0.3, 0.4) is 0 Å². The first-order chi connectivity index (χ1) is 12.1. The molecule has 1 atom stereocenters. The second-order valence-corrected chi connectivity index (χ2v) is 6.05. The Hall–Kier alpha value is -3.06. The summed E-state index contributed by atoms with van der Waals surface area (Å²) in [5, 5.41) is 4.47. The van der Waals surface area contributed by atoms with Crippen LogP contribution >= 0.6 is 11.3 Å². The fourth-order valence-corrected chi connectivity index (χ4v) is 2.96. The summed E-state index contributed by atoms with van der Waals surface area (Å²) in [6.07, 6.45) is 2.73. The lowest BCUT2D eigenvalue weighted by Gasteiger charge is -2.18. The van der Waals surface area contributed by atoms with Gasteiger partial charge in [-0.3, -0.25) is 9.78 Å². The van der Waals surface area contributed by atoms with E-state index in [-0.39, 0.29) is 11.6 Å². The van der Waals surface area contributed by atoms with Crippen molar-refractivity contribution < 1.29 is 14.3 Å². The van der Waals surface area contributed by atoms with E-state index in [1.54, 1.807) is 29.9 Å². The Morgan fingerprint density at radius 3 is 2.44 bits per heavy atom. The fourth-order valence-electron chi connectivity index (χ4n) is 2.24. The maximum absolute atomic E-state index is 12.5. The van der Waals surface area contributed by atoms with Gasteiger partial charge in [-0.2, -0.15) is 0 Å². The summed E-state index contributed by atoms with van der Waals surface area (Å²) >= 11 is 1.17. The van der Waals surface area contributed by atoms with Gasteiger partial charge in [0.1, 0.15) is 0 Å². The molecule has 2 aromatic heterocycles. The number of carbonyl (C=O) groups is 2. The Labute approximate surface area is 148 Å². The molecule has 0 aliphatic carbocycles. The molecule has 1 aromatic carbocycles. The number of anilines is 1. The summed E-state index contributed by atoms with van der Waals surface area (Å²) in [4.78, 5) is 31.7. The van der Waals surface area contributed by atoms with Crippen molar-refractivity contribution in [2.45, 2.75) is 13.0 Å². The van der Waals surface area contributed by atoms with Gasteiger partial charge in [-0.25, -0.2) is 9.78 Å². The van der Waals surface area contributed by atoms with Crippen molar-refractivity contribution in [2.75, 3.05) is 5.32 Å². The number of esters is 1. The number of rotatable bonds is 5. The van der Waals surface area contributed by atoms with Crippen LogP contribution in [0.5, 0.6) is 0 Å². The van der Waals surface area contributed by atoms with E-state index in [2.05, 4.69) is 15.3 Å². The van der Waals surface area contributed by atoms with Crippen molar-refractivity contribution in [1.82, 2.24) is 9.97 Å². The minimum atomic E-state index is -0.567. The van der Waals surface area contributed by atoms with Crippen LogP contribution in [0.1, 0.15) is 34.6 Å². The number of carbonyl (C=O) groups excluding carboxylic acids is 2. The van der Waals surface area contributed by atoms with Gasteiger partial charge in [0, 0.05) is 30.3 Å². The van der Waals surface area contributed by atoms with E-state index in [1.165, 1.54) is 18.3 Å². The van der Waals surface area contributed by atoms with Crippen LogP contribution < -0.4 is 5.32 Å². The molecule has 0 radical (unpaired) electrons. The van der Waals surface area contributed by atoms with Gasteiger partial charge in [0.05, 0.1) is 0 Å². The van der Waals surface area contributed by atoms with E-state index < -0.39 is 12.1 Å². The Balaban J connectivity index is 1.84. The molecule has 0 spiro atoms. The molecule has 0 unspecified atom stereocenters. The monoisotopic (exact) mass is 353 g/mol. The molecular formula is C18H15N3O3S. The van der Waals surface area contributed by atoms with E-state index in [0.29, 0.717) is 5.13 Å². The van der Waals surface area contributed by atoms with Crippen molar-refractivity contribution in [1.29, 1.82) is 0 Å². The second kappa shape index (κ2) is 7.67. The molecule has 0 aliphatic rings. The molecule has 1 amide bonds. The molecule has 126 valence electrons. The molecule has 0 aliphatic heterocycles. The zero-order chi connectivity index (χ0) is 17.6. The molecule has 6 nitrogen and oxygen atoms in total. The number of aromatic nitrogens is 2. The van der Waals surface area contributed by atoms with Gasteiger partial charge in [-0.1, -0.05) is 30.3 Å². The largest absolute Gasteiger partial charge is 0.448 e. The van der Waals surface area contributed by atoms with Crippen LogP contribution in [0.4, 0.5) is 5.13 Å². The zero-order valence-electron chi connectivity index (χ0n) is 13.4. The topological polar surface area (TPSA) is 81.2 Å². The standard InChI is InChI=1S/C18H15N3O3S/c1-12(22)20-18-21-15(11-25-18)17(23)24-16(13-5-3-2-4-6-13)14-7-9-19-10-8-14/h2-11,16H,1H3,(H,20,21,22)/t16-/m0/s1. The number of thiazole rings is 1. The number of hydrogen-bond donors (Lipinski definition) is 1. The molecule has 2 heterocycles. The summed E-state index contributed by atoms with van der Waals surface area (Å²) in [5.74, 6) is -0.799. The van der Waals surface area contributed by atoms with E-state index in [4.69, 9.17) is 4.74 Å². The highest BCUT2D eigenvalue weighted by atomic mass is 32.1. The van der Waals surface area contributed by atoms with Crippen molar-refractivity contribution in [3.05, 3.63) is 77.1 Å². The summed E-state index contributed by atoms with van der Waals surface area (Å²) in [6, 6.07) is 13.0. The number of nitrogens with zero attached hydrogens (tertiary/aromatic N) is 2. The first kappa shape index (κ1) is 16.8. The van der Waals surface area contributed by atoms with E-state index in [1.807, 2.05) is 30.3 Å². The molecule has 0 fully saturated rings. The number of ether oxygens (including phenoxy) is 1. The Morgan fingerprint density at radius 1 is 1.08 bits per heavy atom. The third-order valence-corrected chi connectivity index (χ3v) is 4.09. The summed E-state index contributed by atoms with van der Waals surface area (Å²) in [7, 11) is 0. The van der Waals surface area contributed by atoms with Gasteiger partial charge in [0.15, 0.2) is 16.9 Å². The molecule has 3 rings (SSSR count). The van der Waals surface area contributed by atoms with Crippen LogP contribution in [0, 0.1) is 0 Å². The normalized spacial score (nSPS) is 11.6. The Bertz CT molecular complexity index is 826. The quantitative estimate of drug-likeness (QED) is 0.711. The maximum Gasteiger partial charge on any atom is 0.358 e. The number of pyridine rings is 1. The summed E-state index contributed by atoms with van der Waals surface area (Å²) < 4.78 is 5.69. The number of benzene rings is 1. The SMILES string of the molecule is CC(=O)Nc1nc(C(=O)O[C@@H](c2ccccc2)c2ccncc2)cs1. The van der Waals surface area contributed by atoms with Crippen LogP contribution in [0.15, 0.2) is 60.2 Å². The van der Waals surface area contributed by atoms with E-state index in [9.17, 15) is 9.59 Å². The minimum absolute atomic E-state index is 0.156. The van der Waals surface area contributed by atoms with Gasteiger partial charge in [-0.15, -0.1) is 11.3 Å². The average molecular weight is 353 g/mol. The highest BCUT2D eigenvalue weighted by Crippen LogP contribution is 2.27. The molecular weight excluding hydrogens is 338 g/mol. The molecule has 0 saturated heterocycles. The number of amides is 1. The summed E-state index contributed by atoms with van der Waals surface area (Å²) in [6.45, 7) is 1.38. The Kier molecular flexibility index (Phi) is 5.15. The predicted octanol–water partition coefficient (Wildman–Crippen LogP) is 3.44. The number of hydrogen-bond acceptors (Lipinski definition) is 6. The van der Waals surface area contributed by atoms with Crippen molar-refractivity contribution in [2.24, 2.45) is 0 Å². The first-order valence-electron chi connectivity index (χ1n) is 7.52. The van der Waals surface area contributed by atoms with Crippen LogP contribution in [-0.4, -0.2) is 21.8 Å². The third kappa shape index (κ3) is 4.27. The lowest BCUT2D eigenvalue weighted by molar-refractivity contribution is -0.114. The van der Waals surface area contributed by atoms with Crippen LogP contribution in [0.25, 0.3) is 0 Å². The molecule has 3 aromatic rings. The Morgan fingerprint density at radius 2 is 1.76 bits per heavy atom. The van der Waals surface area contributed by atoms with Crippen molar-refractivity contribution in [3.8, 4) is 0 Å². The van der Waals surface area contributed by atoms with Crippen LogP contribution in [-0.2, 0) is 9.53 Å². The first-order valence-corrected chi connectivity index (χ1v) is 8.40. The highest BCUT2D eigenvalue weighted by molar-refractivity contribution is 7.14. The lowest BCUT2D eigenvalue weighted by atomic mass is 10.0. The third-order valence-electron chi connectivity index (χ3n) is 3.33. The average Bonchev–Trinajstić information content (AvgIpc) is 3.09. The summed E-state index contributed by atoms with van der Waals surface area (Å²) in [5.41, 5.74) is 1.81. The van der Waals surface area contributed by atoms with E-state index in [0.717, 1.165) is 11.1 Å². The van der Waals surface area contributed by atoms with Gasteiger partial charge in [0.2, 0.25) is 5.91 Å². The minimum Gasteiger partial charge on any atom is -0.448 e. The number of nitrogens with one attached hydrogen (secondary N) is 1. The van der Waals surface area contributed by atoms with Crippen molar-refractivity contribution >= 4 is 28.3 Å². The lowest BCUT2D eigenvalue weighted by Crippen LogP contribution is -2.14. The van der Waals surface area contributed by atoms with Gasteiger partial charge < -0.3 is 10.1 Å². The predicted molar refractivity (Wildman–Crippen MR) is 94.4 cm³/mol. The highest BCUT2D eigenvalue weighted by Gasteiger charge is 2.22. The van der Waals surface area contributed by atoms with E-state index >= 15 is 0 Å². The van der Waals surface area contributed by atoms with Crippen LogP contribution in [0.2, 0.25) is 0 Å². The van der Waals surface area contributed by atoms with Crippen molar-refractivity contribution in [3.63, 3.8) is 0 Å². The molecule has 7 heteroatoms. The van der Waals surface area contributed by atoms with Gasteiger partial charge >= 0.3 is 5.97 Å². The second-order valence-electron chi connectivity index (χ2n) is 5.20. The molecule has 25 heavy (non-hydrogen) atoms. The maximum atomic E-state index is 12.5. The fraction of sp³-hybridized carbons (Fsp3) is 0.111. The molecule has 0 bridgehead atoms.